The van der Waals surface area contributed by atoms with Gasteiger partial charge in [-0.1, -0.05) is 27.7 Å². The van der Waals surface area contributed by atoms with Crippen LogP contribution < -0.4 is 0 Å². The van der Waals surface area contributed by atoms with Gasteiger partial charge in [-0.05, 0) is 60.8 Å². The van der Waals surface area contributed by atoms with Crippen LogP contribution in [0.5, 0.6) is 11.5 Å². The van der Waals surface area contributed by atoms with Crippen molar-refractivity contribution in [3.05, 3.63) is 23.3 Å². The predicted molar refractivity (Wildman–Crippen MR) is 76.1 cm³/mol. The first-order chi connectivity index (χ1) is 8.40. The Bertz CT molecular complexity index is 343. The summed E-state index contributed by atoms with van der Waals surface area (Å²) in [5.74, 6) is 1.86. The molecule has 0 aromatic heterocycles. The van der Waals surface area contributed by atoms with E-state index in [1.54, 1.807) is 12.1 Å². The third-order valence-corrected chi connectivity index (χ3v) is 3.26. The summed E-state index contributed by atoms with van der Waals surface area (Å²) in [6.45, 7) is 8.64. The van der Waals surface area contributed by atoms with Crippen molar-refractivity contribution in [2.24, 2.45) is 11.8 Å². The lowest BCUT2D eigenvalue weighted by atomic mass is 9.97. The van der Waals surface area contributed by atoms with E-state index >= 15 is 0 Å². The summed E-state index contributed by atoms with van der Waals surface area (Å²) in [5.41, 5.74) is 1.71. The van der Waals surface area contributed by atoms with E-state index in [0.717, 1.165) is 36.8 Å². The fourth-order valence-electron chi connectivity index (χ4n) is 1.95. The van der Waals surface area contributed by atoms with E-state index in [1.807, 2.05) is 0 Å². The van der Waals surface area contributed by atoms with Crippen molar-refractivity contribution in [2.75, 3.05) is 0 Å². The zero-order valence-electron chi connectivity index (χ0n) is 12.0. The maximum atomic E-state index is 9.98. The van der Waals surface area contributed by atoms with E-state index in [-0.39, 0.29) is 0 Å². The summed E-state index contributed by atoms with van der Waals surface area (Å²) in [5, 5.41) is 20.0. The molecule has 1 aromatic carbocycles. The van der Waals surface area contributed by atoms with Crippen LogP contribution in [0.4, 0.5) is 0 Å². The zero-order chi connectivity index (χ0) is 13.7. The average molecular weight is 250 g/mol. The molecular formula is C16H26O2. The van der Waals surface area contributed by atoms with Crippen molar-refractivity contribution in [1.29, 1.82) is 0 Å². The van der Waals surface area contributed by atoms with Gasteiger partial charge in [-0.2, -0.15) is 0 Å². The standard InChI is InChI=1S/C16H26O2/c1-11(2)5-7-13-9-16(18)14(10-15(13)17)8-6-12(3)4/h9-12,17-18H,5-8H2,1-4H3. The smallest absolute Gasteiger partial charge is 0.119 e. The zero-order valence-corrected chi connectivity index (χ0v) is 12.0. The third-order valence-electron chi connectivity index (χ3n) is 3.26. The van der Waals surface area contributed by atoms with Crippen molar-refractivity contribution in [3.63, 3.8) is 0 Å². The van der Waals surface area contributed by atoms with Crippen LogP contribution in [-0.4, -0.2) is 10.2 Å². The summed E-state index contributed by atoms with van der Waals surface area (Å²) >= 11 is 0. The molecule has 0 atom stereocenters. The largest absolute Gasteiger partial charge is 0.508 e. The fourth-order valence-corrected chi connectivity index (χ4v) is 1.95. The van der Waals surface area contributed by atoms with Crippen LogP contribution in [-0.2, 0) is 12.8 Å². The van der Waals surface area contributed by atoms with Crippen molar-refractivity contribution >= 4 is 0 Å². The first kappa shape index (κ1) is 14.9. The first-order valence-electron chi connectivity index (χ1n) is 6.93. The summed E-state index contributed by atoms with van der Waals surface area (Å²) in [7, 11) is 0. The lowest BCUT2D eigenvalue weighted by Crippen LogP contribution is -1.96. The molecule has 1 rings (SSSR count). The number of phenolic OH excluding ortho intramolecular Hbond substituents is 2. The maximum Gasteiger partial charge on any atom is 0.119 e. The van der Waals surface area contributed by atoms with Crippen molar-refractivity contribution in [1.82, 2.24) is 0 Å². The molecule has 0 amide bonds. The summed E-state index contributed by atoms with van der Waals surface area (Å²) in [6, 6.07) is 3.46. The Morgan fingerprint density at radius 2 is 1.11 bits per heavy atom. The second-order valence-electron chi connectivity index (χ2n) is 5.97. The van der Waals surface area contributed by atoms with Crippen LogP contribution in [0.15, 0.2) is 12.1 Å². The van der Waals surface area contributed by atoms with Gasteiger partial charge in [-0.25, -0.2) is 0 Å². The van der Waals surface area contributed by atoms with E-state index in [9.17, 15) is 10.2 Å². The number of hydrogen-bond acceptors (Lipinski definition) is 2. The Hall–Kier alpha value is -1.18. The SMILES string of the molecule is CC(C)CCc1cc(O)c(CCC(C)C)cc1O. The molecule has 2 nitrogen and oxygen atoms in total. The highest BCUT2D eigenvalue weighted by atomic mass is 16.3. The van der Waals surface area contributed by atoms with Gasteiger partial charge in [0.15, 0.2) is 0 Å². The molecule has 0 saturated carbocycles. The Kier molecular flexibility index (Phi) is 5.52. The van der Waals surface area contributed by atoms with Crippen molar-refractivity contribution < 1.29 is 10.2 Å². The second kappa shape index (κ2) is 6.67. The fraction of sp³-hybridized carbons (Fsp3) is 0.625. The predicted octanol–water partition coefficient (Wildman–Crippen LogP) is 4.28. The number of aromatic hydroxyl groups is 2. The number of phenols is 2. The molecule has 0 saturated heterocycles. The highest BCUT2D eigenvalue weighted by Crippen LogP contribution is 2.30. The van der Waals surface area contributed by atoms with Crippen LogP contribution in [0, 0.1) is 11.8 Å². The number of rotatable bonds is 6. The molecule has 2 N–H and O–H groups in total. The van der Waals surface area contributed by atoms with Gasteiger partial charge in [0.05, 0.1) is 0 Å². The highest BCUT2D eigenvalue weighted by Gasteiger charge is 2.10. The Labute approximate surface area is 111 Å². The quantitative estimate of drug-likeness (QED) is 0.740. The Morgan fingerprint density at radius 3 is 1.39 bits per heavy atom. The second-order valence-corrected chi connectivity index (χ2v) is 5.97. The molecule has 102 valence electrons. The van der Waals surface area contributed by atoms with Gasteiger partial charge in [0.25, 0.3) is 0 Å². The van der Waals surface area contributed by atoms with Gasteiger partial charge in [-0.15, -0.1) is 0 Å². The average Bonchev–Trinajstić information content (AvgIpc) is 2.27. The number of aryl methyl sites for hydroxylation is 2. The molecule has 0 bridgehead atoms. The molecule has 18 heavy (non-hydrogen) atoms. The minimum absolute atomic E-state index is 0.326. The number of benzene rings is 1. The van der Waals surface area contributed by atoms with Gasteiger partial charge in [0.1, 0.15) is 11.5 Å². The summed E-state index contributed by atoms with van der Waals surface area (Å²) < 4.78 is 0. The van der Waals surface area contributed by atoms with Crippen LogP contribution in [0.3, 0.4) is 0 Å². The van der Waals surface area contributed by atoms with Crippen molar-refractivity contribution in [2.45, 2.75) is 53.4 Å². The van der Waals surface area contributed by atoms with E-state index in [1.165, 1.54) is 0 Å². The van der Waals surface area contributed by atoms with Crippen LogP contribution in [0.2, 0.25) is 0 Å². The van der Waals surface area contributed by atoms with Gasteiger partial charge < -0.3 is 10.2 Å². The topological polar surface area (TPSA) is 40.5 Å². The monoisotopic (exact) mass is 250 g/mol. The molecular weight excluding hydrogens is 224 g/mol. The molecule has 0 unspecified atom stereocenters. The lowest BCUT2D eigenvalue weighted by Gasteiger charge is -2.12. The molecule has 2 heteroatoms. The Morgan fingerprint density at radius 1 is 0.778 bits per heavy atom. The molecule has 0 heterocycles. The van der Waals surface area contributed by atoms with Crippen LogP contribution in [0.1, 0.15) is 51.7 Å². The molecule has 0 aliphatic heterocycles. The first-order valence-corrected chi connectivity index (χ1v) is 6.93. The molecule has 1 aromatic rings. The summed E-state index contributed by atoms with van der Waals surface area (Å²) in [6.07, 6.45) is 3.69. The van der Waals surface area contributed by atoms with E-state index in [0.29, 0.717) is 23.3 Å². The molecule has 0 aliphatic rings. The summed E-state index contributed by atoms with van der Waals surface area (Å²) in [4.78, 5) is 0. The molecule has 0 radical (unpaired) electrons. The van der Waals surface area contributed by atoms with Crippen LogP contribution in [0.25, 0.3) is 0 Å². The van der Waals surface area contributed by atoms with Gasteiger partial charge >= 0.3 is 0 Å². The van der Waals surface area contributed by atoms with E-state index in [4.69, 9.17) is 0 Å². The molecule has 0 spiro atoms. The highest BCUT2D eigenvalue weighted by molar-refractivity contribution is 5.45. The van der Waals surface area contributed by atoms with Gasteiger partial charge in [0, 0.05) is 0 Å². The van der Waals surface area contributed by atoms with E-state index < -0.39 is 0 Å². The minimum Gasteiger partial charge on any atom is -0.508 e. The molecule has 0 aliphatic carbocycles. The van der Waals surface area contributed by atoms with Crippen LogP contribution >= 0.6 is 0 Å². The van der Waals surface area contributed by atoms with E-state index in [2.05, 4.69) is 27.7 Å². The minimum atomic E-state index is 0.326. The van der Waals surface area contributed by atoms with Gasteiger partial charge in [0.2, 0.25) is 0 Å². The lowest BCUT2D eigenvalue weighted by molar-refractivity contribution is 0.442. The van der Waals surface area contributed by atoms with Gasteiger partial charge in [-0.3, -0.25) is 0 Å². The normalized spacial score (nSPS) is 11.4. The Balaban J connectivity index is 2.76. The molecule has 0 fully saturated rings. The van der Waals surface area contributed by atoms with Crippen molar-refractivity contribution in [3.8, 4) is 11.5 Å². The maximum absolute atomic E-state index is 9.98. The number of hydrogen-bond donors (Lipinski definition) is 2. The third kappa shape index (κ3) is 4.59.